The van der Waals surface area contributed by atoms with Crippen molar-refractivity contribution in [3.05, 3.63) is 34.1 Å². The van der Waals surface area contributed by atoms with Gasteiger partial charge in [0.05, 0.1) is 10.0 Å². The van der Waals surface area contributed by atoms with Gasteiger partial charge in [-0.25, -0.2) is 4.39 Å². The normalized spacial score (nSPS) is 24.1. The molecule has 1 aliphatic rings. The number of halogens is 2. The van der Waals surface area contributed by atoms with Crippen LogP contribution >= 0.6 is 15.9 Å². The van der Waals surface area contributed by atoms with Gasteiger partial charge < -0.3 is 4.90 Å². The van der Waals surface area contributed by atoms with Crippen LogP contribution in [0.2, 0.25) is 0 Å². The molecule has 17 heavy (non-hydrogen) atoms. The predicted octanol–water partition coefficient (Wildman–Crippen LogP) is 3.46. The Hall–Kier alpha value is -0.900. The van der Waals surface area contributed by atoms with Crippen LogP contribution in [0.25, 0.3) is 0 Å². The van der Waals surface area contributed by atoms with E-state index >= 15 is 0 Å². The van der Waals surface area contributed by atoms with Gasteiger partial charge in [0.2, 0.25) is 0 Å². The van der Waals surface area contributed by atoms with Crippen LogP contribution in [0.1, 0.15) is 30.6 Å². The third kappa shape index (κ3) is 2.37. The number of carbonyl (C=O) groups is 1. The first-order chi connectivity index (χ1) is 8.00. The average Bonchev–Trinajstić information content (AvgIpc) is 2.61. The zero-order valence-electron chi connectivity index (χ0n) is 9.91. The van der Waals surface area contributed by atoms with E-state index in [1.807, 2.05) is 11.8 Å². The molecule has 1 aromatic rings. The first-order valence-electron chi connectivity index (χ1n) is 5.75. The van der Waals surface area contributed by atoms with Gasteiger partial charge in [0, 0.05) is 12.6 Å². The van der Waals surface area contributed by atoms with E-state index < -0.39 is 5.82 Å². The molecule has 0 aliphatic carbocycles. The summed E-state index contributed by atoms with van der Waals surface area (Å²) in [4.78, 5) is 14.1. The Morgan fingerprint density at radius 1 is 1.47 bits per heavy atom. The summed E-state index contributed by atoms with van der Waals surface area (Å²) < 4.78 is 13.6. The number of hydrogen-bond acceptors (Lipinski definition) is 1. The van der Waals surface area contributed by atoms with Crippen molar-refractivity contribution in [1.82, 2.24) is 4.90 Å². The van der Waals surface area contributed by atoms with Crippen molar-refractivity contribution in [3.8, 4) is 0 Å². The van der Waals surface area contributed by atoms with E-state index in [2.05, 4.69) is 22.9 Å². The molecule has 0 aromatic heterocycles. The van der Waals surface area contributed by atoms with Crippen LogP contribution < -0.4 is 0 Å². The van der Waals surface area contributed by atoms with E-state index in [4.69, 9.17) is 0 Å². The molecule has 4 heteroatoms. The minimum Gasteiger partial charge on any atom is -0.336 e. The number of likely N-dealkylation sites (tertiary alicyclic amines) is 1. The van der Waals surface area contributed by atoms with Gasteiger partial charge in [0.25, 0.3) is 5.91 Å². The molecular formula is C13H15BrFNO. The quantitative estimate of drug-likeness (QED) is 0.778. The van der Waals surface area contributed by atoms with Gasteiger partial charge in [-0.1, -0.05) is 13.0 Å². The summed E-state index contributed by atoms with van der Waals surface area (Å²) in [5.41, 5.74) is 0.408. The molecular weight excluding hydrogens is 285 g/mol. The zero-order chi connectivity index (χ0) is 12.6. The highest BCUT2D eigenvalue weighted by Gasteiger charge is 2.31. The Morgan fingerprint density at radius 2 is 2.18 bits per heavy atom. The fourth-order valence-electron chi connectivity index (χ4n) is 2.41. The van der Waals surface area contributed by atoms with Crippen molar-refractivity contribution in [2.45, 2.75) is 26.3 Å². The third-order valence-electron chi connectivity index (χ3n) is 3.23. The smallest absolute Gasteiger partial charge is 0.255 e. The molecule has 1 fully saturated rings. The number of carbonyl (C=O) groups excluding carboxylic acids is 1. The van der Waals surface area contributed by atoms with Gasteiger partial charge in [0.1, 0.15) is 5.82 Å². The van der Waals surface area contributed by atoms with Crippen molar-refractivity contribution < 1.29 is 9.18 Å². The summed E-state index contributed by atoms with van der Waals surface area (Å²) in [6.45, 7) is 4.92. The largest absolute Gasteiger partial charge is 0.336 e. The maximum Gasteiger partial charge on any atom is 0.255 e. The number of amides is 1. The average molecular weight is 300 g/mol. The third-order valence-corrected chi connectivity index (χ3v) is 4.03. The second kappa shape index (κ2) is 4.77. The SMILES string of the molecule is CC1CC(C)N(C(=O)c2cccc(F)c2Br)C1. The molecule has 1 aromatic carbocycles. The van der Waals surface area contributed by atoms with Crippen LogP contribution in [0.5, 0.6) is 0 Å². The highest BCUT2D eigenvalue weighted by molar-refractivity contribution is 9.10. The lowest BCUT2D eigenvalue weighted by atomic mass is 10.1. The van der Waals surface area contributed by atoms with E-state index in [9.17, 15) is 9.18 Å². The number of benzene rings is 1. The monoisotopic (exact) mass is 299 g/mol. The molecule has 0 spiro atoms. The van der Waals surface area contributed by atoms with E-state index in [1.165, 1.54) is 6.07 Å². The lowest BCUT2D eigenvalue weighted by Gasteiger charge is -2.22. The fourth-order valence-corrected chi connectivity index (χ4v) is 2.84. The lowest BCUT2D eigenvalue weighted by Crippen LogP contribution is -2.34. The molecule has 1 heterocycles. The summed E-state index contributed by atoms with van der Waals surface area (Å²) in [6.07, 6.45) is 1.01. The van der Waals surface area contributed by atoms with Crippen LogP contribution in [0, 0.1) is 11.7 Å². The van der Waals surface area contributed by atoms with Crippen LogP contribution in [-0.4, -0.2) is 23.4 Å². The number of hydrogen-bond donors (Lipinski definition) is 0. The van der Waals surface area contributed by atoms with Crippen LogP contribution in [0.15, 0.2) is 22.7 Å². The highest BCUT2D eigenvalue weighted by Crippen LogP contribution is 2.27. The Kier molecular flexibility index (Phi) is 3.52. The predicted molar refractivity (Wildman–Crippen MR) is 68.4 cm³/mol. The standard InChI is InChI=1S/C13H15BrFNO/c1-8-6-9(2)16(7-8)13(17)10-4-3-5-11(15)12(10)14/h3-5,8-9H,6-7H2,1-2H3. The molecule has 1 aliphatic heterocycles. The Morgan fingerprint density at radius 3 is 2.76 bits per heavy atom. The van der Waals surface area contributed by atoms with Crippen molar-refractivity contribution in [1.29, 1.82) is 0 Å². The van der Waals surface area contributed by atoms with E-state index in [0.29, 0.717) is 11.5 Å². The summed E-state index contributed by atoms with van der Waals surface area (Å²) in [6, 6.07) is 4.80. The Labute approximate surface area is 109 Å². The summed E-state index contributed by atoms with van der Waals surface area (Å²) >= 11 is 3.14. The van der Waals surface area contributed by atoms with Gasteiger partial charge >= 0.3 is 0 Å². The van der Waals surface area contributed by atoms with Crippen LogP contribution in [0.3, 0.4) is 0 Å². The van der Waals surface area contributed by atoms with Gasteiger partial charge in [-0.05, 0) is 47.3 Å². The lowest BCUT2D eigenvalue weighted by molar-refractivity contribution is 0.0742. The molecule has 0 N–H and O–H groups in total. The first-order valence-corrected chi connectivity index (χ1v) is 6.55. The van der Waals surface area contributed by atoms with Crippen molar-refractivity contribution in [3.63, 3.8) is 0 Å². The second-order valence-electron chi connectivity index (χ2n) is 4.75. The molecule has 1 saturated heterocycles. The second-order valence-corrected chi connectivity index (χ2v) is 5.54. The van der Waals surface area contributed by atoms with Crippen molar-refractivity contribution >= 4 is 21.8 Å². The minimum atomic E-state index is -0.393. The molecule has 2 unspecified atom stereocenters. The number of nitrogens with zero attached hydrogens (tertiary/aromatic N) is 1. The van der Waals surface area contributed by atoms with E-state index in [-0.39, 0.29) is 16.4 Å². The first kappa shape index (κ1) is 12.6. The minimum absolute atomic E-state index is 0.0896. The molecule has 2 rings (SSSR count). The summed E-state index contributed by atoms with van der Waals surface area (Å²) in [5.74, 6) is 0.0326. The molecule has 92 valence electrons. The van der Waals surface area contributed by atoms with Crippen molar-refractivity contribution in [2.75, 3.05) is 6.54 Å². The maximum absolute atomic E-state index is 13.4. The molecule has 2 atom stereocenters. The highest BCUT2D eigenvalue weighted by atomic mass is 79.9. The summed E-state index contributed by atoms with van der Waals surface area (Å²) in [5, 5.41) is 0. The van der Waals surface area contributed by atoms with Gasteiger partial charge in [-0.3, -0.25) is 4.79 Å². The zero-order valence-corrected chi connectivity index (χ0v) is 11.5. The number of rotatable bonds is 1. The van der Waals surface area contributed by atoms with Gasteiger partial charge in [-0.15, -0.1) is 0 Å². The van der Waals surface area contributed by atoms with Gasteiger partial charge in [-0.2, -0.15) is 0 Å². The van der Waals surface area contributed by atoms with Crippen molar-refractivity contribution in [2.24, 2.45) is 5.92 Å². The Balaban J connectivity index is 2.29. The summed E-state index contributed by atoms with van der Waals surface area (Å²) in [7, 11) is 0. The molecule has 0 saturated carbocycles. The fraction of sp³-hybridized carbons (Fsp3) is 0.462. The Bertz CT molecular complexity index is 449. The molecule has 2 nitrogen and oxygen atoms in total. The maximum atomic E-state index is 13.4. The van der Waals surface area contributed by atoms with Gasteiger partial charge in [0.15, 0.2) is 0 Å². The topological polar surface area (TPSA) is 20.3 Å². The molecule has 1 amide bonds. The van der Waals surface area contributed by atoms with Crippen LogP contribution in [0.4, 0.5) is 4.39 Å². The van der Waals surface area contributed by atoms with Crippen LogP contribution in [-0.2, 0) is 0 Å². The van der Waals surface area contributed by atoms with E-state index in [0.717, 1.165) is 13.0 Å². The molecule has 0 radical (unpaired) electrons. The van der Waals surface area contributed by atoms with E-state index in [1.54, 1.807) is 12.1 Å². The molecule has 0 bridgehead atoms.